The van der Waals surface area contributed by atoms with Crippen LogP contribution in [0.15, 0.2) is 58.7 Å². The molecule has 0 amide bonds. The third kappa shape index (κ3) is 3.21. The molecule has 2 aromatic carbocycles. The number of nitrogens with zero attached hydrogens (tertiary/aromatic N) is 2. The van der Waals surface area contributed by atoms with E-state index in [2.05, 4.69) is 10.1 Å². The summed E-state index contributed by atoms with van der Waals surface area (Å²) in [7, 11) is 0. The lowest BCUT2D eigenvalue weighted by Crippen LogP contribution is -2.19. The highest BCUT2D eigenvalue weighted by Crippen LogP contribution is 2.15. The highest BCUT2D eigenvalue weighted by atomic mass is 16.4. The predicted molar refractivity (Wildman–Crippen MR) is 83.3 cm³/mol. The summed E-state index contributed by atoms with van der Waals surface area (Å²) in [5, 5.41) is 21.2. The first kappa shape index (κ1) is 15.0. The third-order valence-electron chi connectivity index (χ3n) is 2.93. The Bertz CT molecular complexity index is 755. The van der Waals surface area contributed by atoms with E-state index in [1.807, 2.05) is 0 Å². The first-order valence-corrected chi connectivity index (χ1v) is 6.27. The van der Waals surface area contributed by atoms with Gasteiger partial charge in [-0.05, 0) is 18.2 Å². The van der Waals surface area contributed by atoms with Gasteiger partial charge in [-0.2, -0.15) is 0 Å². The van der Waals surface area contributed by atoms with Gasteiger partial charge in [0, 0.05) is 16.8 Å². The summed E-state index contributed by atoms with van der Waals surface area (Å²) >= 11 is 0. The number of benzene rings is 2. The Kier molecular flexibility index (Phi) is 4.38. The lowest BCUT2D eigenvalue weighted by Gasteiger charge is -2.07. The molecular formula is C15H14N4O3. The van der Waals surface area contributed by atoms with E-state index < -0.39 is 5.97 Å². The summed E-state index contributed by atoms with van der Waals surface area (Å²) in [4.78, 5) is 15.0. The smallest absolute Gasteiger partial charge is 0.335 e. The molecule has 0 radical (unpaired) electrons. The normalized spacial score (nSPS) is 12.2. The number of hydrogen-bond donors (Lipinski definition) is 4. The maximum absolute atomic E-state index is 11.0. The van der Waals surface area contributed by atoms with Crippen molar-refractivity contribution in [2.45, 2.75) is 0 Å². The van der Waals surface area contributed by atoms with Gasteiger partial charge in [-0.15, -0.1) is 0 Å². The molecule has 0 saturated heterocycles. The molecule has 0 atom stereocenters. The second kappa shape index (κ2) is 6.40. The van der Waals surface area contributed by atoms with E-state index in [4.69, 9.17) is 21.8 Å². The van der Waals surface area contributed by atoms with E-state index in [0.717, 1.165) is 0 Å². The van der Waals surface area contributed by atoms with Crippen LogP contribution >= 0.6 is 0 Å². The Morgan fingerprint density at radius 1 is 1.05 bits per heavy atom. The lowest BCUT2D eigenvalue weighted by molar-refractivity contribution is 0.0697. The number of anilines is 1. The molecule has 7 heteroatoms. The number of hydrogen-bond acceptors (Lipinski definition) is 4. The number of aromatic carboxylic acids is 1. The molecule has 0 fully saturated rings. The first-order chi connectivity index (χ1) is 10.5. The average Bonchev–Trinajstić information content (AvgIpc) is 2.53. The van der Waals surface area contributed by atoms with Crippen molar-refractivity contribution in [2.75, 3.05) is 5.73 Å². The van der Waals surface area contributed by atoms with Crippen molar-refractivity contribution in [3.8, 4) is 0 Å². The van der Waals surface area contributed by atoms with Gasteiger partial charge in [0.15, 0.2) is 5.84 Å². The van der Waals surface area contributed by atoms with Crippen LogP contribution < -0.4 is 11.5 Å². The molecule has 2 rings (SSSR count). The maximum atomic E-state index is 11.0. The first-order valence-electron chi connectivity index (χ1n) is 6.27. The number of rotatable bonds is 3. The minimum Gasteiger partial charge on any atom is -0.478 e. The van der Waals surface area contributed by atoms with E-state index in [9.17, 15) is 4.79 Å². The van der Waals surface area contributed by atoms with Gasteiger partial charge in [-0.1, -0.05) is 35.5 Å². The second-order valence-corrected chi connectivity index (χ2v) is 4.39. The fourth-order valence-corrected chi connectivity index (χ4v) is 1.82. The number of carboxylic acid groups (broad SMARTS) is 1. The molecule has 0 spiro atoms. The zero-order valence-corrected chi connectivity index (χ0v) is 11.5. The molecule has 112 valence electrons. The van der Waals surface area contributed by atoms with Crippen LogP contribution in [0, 0.1) is 0 Å². The molecule has 2 aromatic rings. The van der Waals surface area contributed by atoms with Crippen molar-refractivity contribution in [3.63, 3.8) is 0 Å². The van der Waals surface area contributed by atoms with Gasteiger partial charge < -0.3 is 21.8 Å². The standard InChI is InChI=1S/C15H14N4O3/c16-12-7-6-10(15(20)21)8-11(12)13(17)18-14(19-22)9-4-2-1-3-5-9/h1-8,22H,16H2,(H,20,21)(H2,17,18,19). The Hall–Kier alpha value is -3.35. The zero-order valence-electron chi connectivity index (χ0n) is 11.5. The van der Waals surface area contributed by atoms with Crippen LogP contribution in [0.5, 0.6) is 0 Å². The van der Waals surface area contributed by atoms with Crippen LogP contribution in [0.25, 0.3) is 0 Å². The minimum atomic E-state index is -1.10. The quantitative estimate of drug-likeness (QED) is 0.224. The molecule has 0 aliphatic heterocycles. The van der Waals surface area contributed by atoms with Crippen LogP contribution in [-0.4, -0.2) is 28.0 Å². The van der Waals surface area contributed by atoms with Crippen LogP contribution in [0.1, 0.15) is 21.5 Å². The van der Waals surface area contributed by atoms with E-state index in [1.54, 1.807) is 30.3 Å². The molecule has 0 heterocycles. The fourth-order valence-electron chi connectivity index (χ4n) is 1.82. The molecule has 0 aliphatic carbocycles. The molecule has 22 heavy (non-hydrogen) atoms. The Morgan fingerprint density at radius 3 is 2.32 bits per heavy atom. The van der Waals surface area contributed by atoms with E-state index in [1.165, 1.54) is 18.2 Å². The Morgan fingerprint density at radius 2 is 1.73 bits per heavy atom. The molecule has 0 aromatic heterocycles. The number of carboxylic acids is 1. The monoisotopic (exact) mass is 298 g/mol. The summed E-state index contributed by atoms with van der Waals surface area (Å²) in [6.45, 7) is 0. The van der Waals surface area contributed by atoms with Gasteiger partial charge in [0.1, 0.15) is 5.84 Å². The van der Waals surface area contributed by atoms with E-state index in [0.29, 0.717) is 5.56 Å². The van der Waals surface area contributed by atoms with Crippen molar-refractivity contribution < 1.29 is 15.1 Å². The van der Waals surface area contributed by atoms with Gasteiger partial charge in [-0.3, -0.25) is 0 Å². The van der Waals surface area contributed by atoms with Crippen molar-refractivity contribution in [3.05, 3.63) is 65.2 Å². The van der Waals surface area contributed by atoms with Crippen LogP contribution in [0.4, 0.5) is 5.69 Å². The number of oxime groups is 1. The highest BCUT2D eigenvalue weighted by molar-refractivity contribution is 6.13. The summed E-state index contributed by atoms with van der Waals surface area (Å²) in [5.41, 5.74) is 12.8. The van der Waals surface area contributed by atoms with Crippen LogP contribution in [0.2, 0.25) is 0 Å². The topological polar surface area (TPSA) is 134 Å². The highest BCUT2D eigenvalue weighted by Gasteiger charge is 2.11. The summed E-state index contributed by atoms with van der Waals surface area (Å²) in [6.07, 6.45) is 0. The van der Waals surface area contributed by atoms with Crippen molar-refractivity contribution in [1.29, 1.82) is 0 Å². The second-order valence-electron chi connectivity index (χ2n) is 4.39. The number of aliphatic imine (C=N–C) groups is 1. The maximum Gasteiger partial charge on any atom is 0.335 e. The van der Waals surface area contributed by atoms with Gasteiger partial charge >= 0.3 is 5.97 Å². The van der Waals surface area contributed by atoms with Crippen LogP contribution in [0.3, 0.4) is 0 Å². The fraction of sp³-hybridized carbons (Fsp3) is 0. The van der Waals surface area contributed by atoms with Crippen molar-refractivity contribution in [1.82, 2.24) is 0 Å². The van der Waals surface area contributed by atoms with Gasteiger partial charge in [-0.25, -0.2) is 9.79 Å². The number of amidine groups is 2. The molecular weight excluding hydrogens is 284 g/mol. The number of nitrogen functional groups attached to an aromatic ring is 1. The van der Waals surface area contributed by atoms with E-state index in [-0.39, 0.29) is 28.5 Å². The number of carbonyl (C=O) groups is 1. The largest absolute Gasteiger partial charge is 0.478 e. The van der Waals surface area contributed by atoms with Gasteiger partial charge in [0.2, 0.25) is 0 Å². The molecule has 0 saturated carbocycles. The van der Waals surface area contributed by atoms with Crippen LogP contribution in [-0.2, 0) is 0 Å². The number of nitrogens with two attached hydrogens (primary N) is 2. The molecule has 7 nitrogen and oxygen atoms in total. The zero-order chi connectivity index (χ0) is 16.1. The minimum absolute atomic E-state index is 0.00164. The van der Waals surface area contributed by atoms with Crippen molar-refractivity contribution >= 4 is 23.3 Å². The Labute approximate surface area is 126 Å². The van der Waals surface area contributed by atoms with E-state index >= 15 is 0 Å². The van der Waals surface area contributed by atoms with Crippen molar-refractivity contribution in [2.24, 2.45) is 15.9 Å². The summed E-state index contributed by atoms with van der Waals surface area (Å²) in [6, 6.07) is 12.8. The summed E-state index contributed by atoms with van der Waals surface area (Å²) < 4.78 is 0. The molecule has 0 unspecified atom stereocenters. The SMILES string of the molecule is NC(=N/C(=N/O)c1ccccc1)c1cc(C(=O)O)ccc1N. The summed E-state index contributed by atoms with van der Waals surface area (Å²) in [5.74, 6) is -1.15. The van der Waals surface area contributed by atoms with Gasteiger partial charge in [0.05, 0.1) is 5.56 Å². The average molecular weight is 298 g/mol. The molecule has 0 aliphatic rings. The molecule has 0 bridgehead atoms. The van der Waals surface area contributed by atoms with Gasteiger partial charge in [0.25, 0.3) is 0 Å². The third-order valence-corrected chi connectivity index (χ3v) is 2.93. The Balaban J connectivity index is 2.44. The molecule has 6 N–H and O–H groups in total. The lowest BCUT2D eigenvalue weighted by atomic mass is 10.1. The predicted octanol–water partition coefficient (Wildman–Crippen LogP) is 1.51.